The van der Waals surface area contributed by atoms with Gasteiger partial charge in [-0.1, -0.05) is 13.8 Å². The highest BCUT2D eigenvalue weighted by Gasteiger charge is 2.42. The van der Waals surface area contributed by atoms with Crippen LogP contribution in [0, 0.1) is 12.8 Å². The van der Waals surface area contributed by atoms with Gasteiger partial charge < -0.3 is 10.6 Å². The summed E-state index contributed by atoms with van der Waals surface area (Å²) in [5, 5.41) is 10.8. The molecule has 0 spiro atoms. The van der Waals surface area contributed by atoms with Gasteiger partial charge in [0.2, 0.25) is 0 Å². The second-order valence-electron chi connectivity index (χ2n) is 5.25. The number of thiazole rings is 1. The molecule has 0 saturated carbocycles. The third-order valence-electron chi connectivity index (χ3n) is 3.97. The van der Waals surface area contributed by atoms with Gasteiger partial charge in [-0.05, 0) is 45.2 Å². The van der Waals surface area contributed by atoms with E-state index in [1.165, 1.54) is 17.8 Å². The van der Waals surface area contributed by atoms with Crippen LogP contribution in [0.3, 0.4) is 0 Å². The fourth-order valence-electron chi connectivity index (χ4n) is 2.93. The maximum atomic E-state index is 4.79. The molecule has 1 aliphatic rings. The number of aryl methyl sites for hydroxylation is 1. The lowest BCUT2D eigenvalue weighted by molar-refractivity contribution is 0.149. The van der Waals surface area contributed by atoms with Gasteiger partial charge in [0.1, 0.15) is 5.01 Å². The molecule has 1 saturated heterocycles. The van der Waals surface area contributed by atoms with E-state index in [1.54, 1.807) is 0 Å². The fourth-order valence-corrected chi connectivity index (χ4v) is 4.01. The van der Waals surface area contributed by atoms with Gasteiger partial charge in [-0.15, -0.1) is 11.3 Å². The molecule has 1 fully saturated rings. The molecular weight excluding hydrogens is 242 g/mol. The number of aromatic nitrogens is 1. The Bertz CT molecular complexity index is 377. The second kappa shape index (κ2) is 6.13. The maximum Gasteiger partial charge on any atom is 0.113 e. The first kappa shape index (κ1) is 14.0. The summed E-state index contributed by atoms with van der Waals surface area (Å²) in [6.07, 6.45) is 3.52. The third kappa shape index (κ3) is 2.60. The number of nitrogens with zero attached hydrogens (tertiary/aromatic N) is 1. The predicted octanol–water partition coefficient (Wildman–Crippen LogP) is 2.67. The van der Waals surface area contributed by atoms with Crippen molar-refractivity contribution in [2.24, 2.45) is 5.92 Å². The van der Waals surface area contributed by atoms with Crippen molar-refractivity contribution in [1.29, 1.82) is 0 Å². The molecule has 2 heterocycles. The molecule has 4 heteroatoms. The Labute approximate surface area is 114 Å². The van der Waals surface area contributed by atoms with Crippen LogP contribution in [0.15, 0.2) is 5.38 Å². The lowest BCUT2D eigenvalue weighted by Gasteiger charge is -2.43. The van der Waals surface area contributed by atoms with Crippen LogP contribution in [0.2, 0.25) is 0 Å². The summed E-state index contributed by atoms with van der Waals surface area (Å²) in [6, 6.07) is 0. The first-order valence-corrected chi connectivity index (χ1v) is 7.99. The van der Waals surface area contributed by atoms with Crippen molar-refractivity contribution in [2.45, 2.75) is 45.6 Å². The van der Waals surface area contributed by atoms with Gasteiger partial charge in [0, 0.05) is 17.6 Å². The highest BCUT2D eigenvalue weighted by atomic mass is 32.1. The lowest BCUT2D eigenvalue weighted by atomic mass is 9.77. The van der Waals surface area contributed by atoms with Crippen molar-refractivity contribution in [2.75, 3.05) is 19.6 Å². The Morgan fingerprint density at radius 1 is 1.56 bits per heavy atom. The molecule has 2 N–H and O–H groups in total. The monoisotopic (exact) mass is 267 g/mol. The van der Waals surface area contributed by atoms with E-state index in [9.17, 15) is 0 Å². The number of piperidine rings is 1. The van der Waals surface area contributed by atoms with Crippen LogP contribution in [0.1, 0.15) is 43.8 Å². The molecule has 18 heavy (non-hydrogen) atoms. The quantitative estimate of drug-likeness (QED) is 0.861. The molecular formula is C14H25N3S. The third-order valence-corrected chi connectivity index (χ3v) is 5.11. The van der Waals surface area contributed by atoms with E-state index in [-0.39, 0.29) is 5.54 Å². The van der Waals surface area contributed by atoms with Crippen molar-refractivity contribution >= 4 is 11.3 Å². The summed E-state index contributed by atoms with van der Waals surface area (Å²) in [7, 11) is 0. The van der Waals surface area contributed by atoms with E-state index >= 15 is 0 Å². The van der Waals surface area contributed by atoms with E-state index in [0.29, 0.717) is 5.92 Å². The molecule has 0 radical (unpaired) electrons. The minimum Gasteiger partial charge on any atom is -0.316 e. The molecule has 1 aromatic rings. The van der Waals surface area contributed by atoms with Crippen molar-refractivity contribution in [3.8, 4) is 0 Å². The Balaban J connectivity index is 2.31. The normalized spacial score (nSPS) is 28.5. The zero-order chi connectivity index (χ0) is 13.0. The lowest BCUT2D eigenvalue weighted by Crippen LogP contribution is -2.56. The van der Waals surface area contributed by atoms with Gasteiger partial charge in [-0.25, -0.2) is 4.98 Å². The molecule has 0 bridgehead atoms. The van der Waals surface area contributed by atoms with Gasteiger partial charge >= 0.3 is 0 Å². The molecule has 1 aromatic heterocycles. The number of nitrogens with one attached hydrogen (secondary N) is 2. The number of rotatable bonds is 5. The maximum absolute atomic E-state index is 4.79. The van der Waals surface area contributed by atoms with Crippen LogP contribution in [0.25, 0.3) is 0 Å². The molecule has 0 aliphatic carbocycles. The van der Waals surface area contributed by atoms with Crippen LogP contribution in [-0.2, 0) is 5.54 Å². The average molecular weight is 267 g/mol. The van der Waals surface area contributed by atoms with E-state index in [2.05, 4.69) is 36.8 Å². The summed E-state index contributed by atoms with van der Waals surface area (Å²) < 4.78 is 0. The Kier molecular flexibility index (Phi) is 4.76. The molecule has 0 amide bonds. The van der Waals surface area contributed by atoms with Crippen LogP contribution >= 0.6 is 11.3 Å². The summed E-state index contributed by atoms with van der Waals surface area (Å²) in [6.45, 7) is 9.89. The van der Waals surface area contributed by atoms with E-state index < -0.39 is 0 Å². The smallest absolute Gasteiger partial charge is 0.113 e. The standard InChI is InChI=1S/C14H25N3S/c1-4-7-16-14(13-17-11(3)10-18-13)6-8-15-9-12(14)5-2/h10,12,15-16H,4-9H2,1-3H3. The second-order valence-corrected chi connectivity index (χ2v) is 6.11. The van der Waals surface area contributed by atoms with Crippen molar-refractivity contribution in [1.82, 2.24) is 15.6 Å². The van der Waals surface area contributed by atoms with E-state index in [0.717, 1.165) is 31.7 Å². The Hall–Kier alpha value is -0.450. The molecule has 2 unspecified atom stereocenters. The highest BCUT2D eigenvalue weighted by molar-refractivity contribution is 7.09. The summed E-state index contributed by atoms with van der Waals surface area (Å²) >= 11 is 1.82. The summed E-state index contributed by atoms with van der Waals surface area (Å²) in [5.74, 6) is 0.642. The Morgan fingerprint density at radius 3 is 3.00 bits per heavy atom. The first-order valence-electron chi connectivity index (χ1n) is 7.11. The van der Waals surface area contributed by atoms with Gasteiger partial charge in [-0.2, -0.15) is 0 Å². The van der Waals surface area contributed by atoms with Crippen molar-refractivity contribution in [3.63, 3.8) is 0 Å². The minimum atomic E-state index is 0.106. The molecule has 102 valence electrons. The Morgan fingerprint density at radius 2 is 2.39 bits per heavy atom. The zero-order valence-electron chi connectivity index (χ0n) is 11.8. The van der Waals surface area contributed by atoms with E-state index in [1.807, 2.05) is 11.3 Å². The number of hydrogen-bond acceptors (Lipinski definition) is 4. The van der Waals surface area contributed by atoms with Gasteiger partial charge in [0.15, 0.2) is 0 Å². The molecule has 2 rings (SSSR count). The van der Waals surface area contributed by atoms with Crippen molar-refractivity contribution < 1.29 is 0 Å². The van der Waals surface area contributed by atoms with Gasteiger partial charge in [0.05, 0.1) is 5.54 Å². The minimum absolute atomic E-state index is 0.106. The highest BCUT2D eigenvalue weighted by Crippen LogP contribution is 2.38. The SMILES string of the molecule is CCCNC1(c2nc(C)cs2)CCNCC1CC. The van der Waals surface area contributed by atoms with Gasteiger partial charge in [0.25, 0.3) is 0 Å². The molecule has 3 nitrogen and oxygen atoms in total. The molecule has 2 atom stereocenters. The van der Waals surface area contributed by atoms with Crippen LogP contribution in [-0.4, -0.2) is 24.6 Å². The first-order chi connectivity index (χ1) is 8.73. The van der Waals surface area contributed by atoms with E-state index in [4.69, 9.17) is 4.98 Å². The number of hydrogen-bond donors (Lipinski definition) is 2. The molecule has 1 aliphatic heterocycles. The predicted molar refractivity (Wildman–Crippen MR) is 78.1 cm³/mol. The van der Waals surface area contributed by atoms with Crippen LogP contribution in [0.5, 0.6) is 0 Å². The fraction of sp³-hybridized carbons (Fsp3) is 0.786. The summed E-state index contributed by atoms with van der Waals surface area (Å²) in [5.41, 5.74) is 1.26. The summed E-state index contributed by atoms with van der Waals surface area (Å²) in [4.78, 5) is 4.79. The van der Waals surface area contributed by atoms with Crippen LogP contribution in [0.4, 0.5) is 0 Å². The zero-order valence-corrected chi connectivity index (χ0v) is 12.6. The van der Waals surface area contributed by atoms with Crippen LogP contribution < -0.4 is 10.6 Å². The topological polar surface area (TPSA) is 37.0 Å². The molecule has 0 aromatic carbocycles. The van der Waals surface area contributed by atoms with Crippen molar-refractivity contribution in [3.05, 3.63) is 16.1 Å². The van der Waals surface area contributed by atoms with Gasteiger partial charge in [-0.3, -0.25) is 0 Å². The largest absolute Gasteiger partial charge is 0.316 e. The average Bonchev–Trinajstić information content (AvgIpc) is 2.83.